The average molecular weight is 407 g/mol. The summed E-state index contributed by atoms with van der Waals surface area (Å²) in [6, 6.07) is 10.4. The van der Waals surface area contributed by atoms with E-state index in [-0.39, 0.29) is 5.91 Å². The van der Waals surface area contributed by atoms with Gasteiger partial charge in [0.05, 0.1) is 0 Å². The monoisotopic (exact) mass is 406 g/mol. The minimum atomic E-state index is -0.0567. The molecule has 2 fully saturated rings. The molecule has 1 aromatic carbocycles. The number of anilines is 1. The van der Waals surface area contributed by atoms with E-state index in [1.807, 2.05) is 6.07 Å². The van der Waals surface area contributed by atoms with E-state index in [4.69, 9.17) is 9.72 Å². The Kier molecular flexibility index (Phi) is 5.42. The average Bonchev–Trinajstić information content (AvgIpc) is 2.80. The molecular weight excluding hydrogens is 376 g/mol. The number of nitrogens with one attached hydrogen (secondary N) is 1. The summed E-state index contributed by atoms with van der Waals surface area (Å²) >= 11 is 0. The van der Waals surface area contributed by atoms with Crippen molar-refractivity contribution in [2.24, 2.45) is 5.41 Å². The summed E-state index contributed by atoms with van der Waals surface area (Å²) in [5.74, 6) is 1.72. The van der Waals surface area contributed by atoms with Gasteiger partial charge in [0.2, 0.25) is 0 Å². The van der Waals surface area contributed by atoms with Crippen LogP contribution in [0.1, 0.15) is 53.1 Å². The second kappa shape index (κ2) is 8.34. The van der Waals surface area contributed by atoms with Crippen LogP contribution in [0.4, 0.5) is 5.82 Å². The SMILES string of the molecule is O=C1NCCc2c1nc(CCc1ccccc1)nc2N1CCC2(CCOCC2)CC1. The Labute approximate surface area is 178 Å². The first kappa shape index (κ1) is 19.5. The quantitative estimate of drug-likeness (QED) is 0.846. The van der Waals surface area contributed by atoms with Crippen LogP contribution in [0.15, 0.2) is 30.3 Å². The number of aromatic nitrogens is 2. The molecule has 5 rings (SSSR count). The summed E-state index contributed by atoms with van der Waals surface area (Å²) in [5, 5.41) is 2.95. The molecule has 1 spiro atoms. The molecule has 2 saturated heterocycles. The van der Waals surface area contributed by atoms with E-state index in [2.05, 4.69) is 39.5 Å². The fourth-order valence-corrected chi connectivity index (χ4v) is 5.09. The summed E-state index contributed by atoms with van der Waals surface area (Å²) in [7, 11) is 0. The molecular formula is C24H30N4O2. The molecule has 0 radical (unpaired) electrons. The van der Waals surface area contributed by atoms with E-state index in [9.17, 15) is 4.79 Å². The fourth-order valence-electron chi connectivity index (χ4n) is 5.09. The van der Waals surface area contributed by atoms with E-state index in [0.717, 1.165) is 62.8 Å². The number of ether oxygens (including phenoxy) is 1. The lowest BCUT2D eigenvalue weighted by molar-refractivity contribution is 0.00203. The number of rotatable bonds is 4. The summed E-state index contributed by atoms with van der Waals surface area (Å²) < 4.78 is 5.60. The molecule has 2 aromatic rings. The Hall–Kier alpha value is -2.47. The van der Waals surface area contributed by atoms with Gasteiger partial charge in [0.1, 0.15) is 17.3 Å². The van der Waals surface area contributed by atoms with Crippen LogP contribution < -0.4 is 10.2 Å². The first-order valence-corrected chi connectivity index (χ1v) is 11.3. The zero-order valence-electron chi connectivity index (χ0n) is 17.5. The molecule has 6 nitrogen and oxygen atoms in total. The van der Waals surface area contributed by atoms with Gasteiger partial charge >= 0.3 is 0 Å². The molecule has 30 heavy (non-hydrogen) atoms. The smallest absolute Gasteiger partial charge is 0.270 e. The second-order valence-corrected chi connectivity index (χ2v) is 8.88. The summed E-state index contributed by atoms with van der Waals surface area (Å²) in [5.41, 5.74) is 3.32. The third-order valence-corrected chi connectivity index (χ3v) is 7.06. The Bertz CT molecular complexity index is 899. The molecule has 0 saturated carbocycles. The standard InChI is InChI=1S/C24H30N4O2/c29-23-21-19(8-13-25-23)22(27-20(26-21)7-6-18-4-2-1-3-5-18)28-14-9-24(10-15-28)11-16-30-17-12-24/h1-5H,6-17H2,(H,25,29). The van der Waals surface area contributed by atoms with Gasteiger partial charge in [0, 0.05) is 44.8 Å². The maximum absolute atomic E-state index is 12.6. The molecule has 3 aliphatic heterocycles. The van der Waals surface area contributed by atoms with Crippen LogP contribution in [0.5, 0.6) is 0 Å². The number of fused-ring (bicyclic) bond motifs is 1. The van der Waals surface area contributed by atoms with E-state index in [0.29, 0.717) is 17.7 Å². The van der Waals surface area contributed by atoms with E-state index in [1.165, 1.54) is 31.2 Å². The molecule has 6 heteroatoms. The lowest BCUT2D eigenvalue weighted by Gasteiger charge is -2.45. The maximum atomic E-state index is 12.6. The number of carbonyl (C=O) groups is 1. The molecule has 1 N–H and O–H groups in total. The number of carbonyl (C=O) groups excluding carboxylic acids is 1. The van der Waals surface area contributed by atoms with Crippen LogP contribution in [-0.4, -0.2) is 48.7 Å². The van der Waals surface area contributed by atoms with Gasteiger partial charge in [-0.05, 0) is 49.5 Å². The third kappa shape index (κ3) is 3.93. The number of nitrogens with zero attached hydrogens (tertiary/aromatic N) is 3. The Morgan fingerprint density at radius 2 is 1.77 bits per heavy atom. The van der Waals surface area contributed by atoms with Crippen molar-refractivity contribution in [2.75, 3.05) is 37.7 Å². The van der Waals surface area contributed by atoms with Crippen LogP contribution in [0.2, 0.25) is 0 Å². The maximum Gasteiger partial charge on any atom is 0.270 e. The minimum Gasteiger partial charge on any atom is -0.381 e. The van der Waals surface area contributed by atoms with Crippen molar-refractivity contribution in [1.82, 2.24) is 15.3 Å². The van der Waals surface area contributed by atoms with Gasteiger partial charge in [0.25, 0.3) is 5.91 Å². The van der Waals surface area contributed by atoms with Crippen LogP contribution in [0, 0.1) is 5.41 Å². The highest BCUT2D eigenvalue weighted by atomic mass is 16.5. The molecule has 1 aromatic heterocycles. The van der Waals surface area contributed by atoms with Crippen LogP contribution in [-0.2, 0) is 24.0 Å². The largest absolute Gasteiger partial charge is 0.381 e. The first-order valence-electron chi connectivity index (χ1n) is 11.3. The van der Waals surface area contributed by atoms with Crippen molar-refractivity contribution in [2.45, 2.75) is 44.9 Å². The number of aryl methyl sites for hydroxylation is 2. The Morgan fingerprint density at radius 1 is 1.00 bits per heavy atom. The first-order chi connectivity index (χ1) is 14.7. The normalized spacial score (nSPS) is 20.7. The second-order valence-electron chi connectivity index (χ2n) is 8.88. The van der Waals surface area contributed by atoms with Crippen molar-refractivity contribution in [3.8, 4) is 0 Å². The number of hydrogen-bond donors (Lipinski definition) is 1. The molecule has 4 heterocycles. The molecule has 0 aliphatic carbocycles. The highest BCUT2D eigenvalue weighted by molar-refractivity contribution is 5.96. The van der Waals surface area contributed by atoms with Gasteiger partial charge in [-0.2, -0.15) is 0 Å². The lowest BCUT2D eigenvalue weighted by atomic mass is 9.72. The van der Waals surface area contributed by atoms with Crippen LogP contribution in [0.3, 0.4) is 0 Å². The summed E-state index contributed by atoms with van der Waals surface area (Å²) in [6.07, 6.45) is 7.14. The van der Waals surface area contributed by atoms with E-state index in [1.54, 1.807) is 0 Å². The van der Waals surface area contributed by atoms with Gasteiger partial charge in [0.15, 0.2) is 0 Å². The zero-order valence-corrected chi connectivity index (χ0v) is 17.5. The number of piperidine rings is 1. The van der Waals surface area contributed by atoms with Crippen molar-refractivity contribution < 1.29 is 9.53 Å². The summed E-state index contributed by atoms with van der Waals surface area (Å²) in [6.45, 7) is 4.46. The Balaban J connectivity index is 1.39. The molecule has 0 unspecified atom stereocenters. The molecule has 158 valence electrons. The predicted molar refractivity (Wildman–Crippen MR) is 116 cm³/mol. The number of amides is 1. The highest BCUT2D eigenvalue weighted by Crippen LogP contribution is 2.42. The molecule has 1 amide bonds. The number of benzene rings is 1. The Morgan fingerprint density at radius 3 is 2.53 bits per heavy atom. The lowest BCUT2D eigenvalue weighted by Crippen LogP contribution is -2.44. The number of hydrogen-bond acceptors (Lipinski definition) is 5. The third-order valence-electron chi connectivity index (χ3n) is 7.06. The van der Waals surface area contributed by atoms with Gasteiger partial charge < -0.3 is 15.0 Å². The van der Waals surface area contributed by atoms with E-state index >= 15 is 0 Å². The molecule has 0 bridgehead atoms. The highest BCUT2D eigenvalue weighted by Gasteiger charge is 2.37. The molecule has 0 atom stereocenters. The topological polar surface area (TPSA) is 67.4 Å². The van der Waals surface area contributed by atoms with Crippen molar-refractivity contribution in [3.05, 3.63) is 53.0 Å². The van der Waals surface area contributed by atoms with Gasteiger partial charge in [-0.15, -0.1) is 0 Å². The van der Waals surface area contributed by atoms with E-state index < -0.39 is 0 Å². The molecule has 3 aliphatic rings. The van der Waals surface area contributed by atoms with Crippen molar-refractivity contribution >= 4 is 11.7 Å². The van der Waals surface area contributed by atoms with Crippen molar-refractivity contribution in [3.63, 3.8) is 0 Å². The minimum absolute atomic E-state index is 0.0567. The van der Waals surface area contributed by atoms with Crippen LogP contribution in [0.25, 0.3) is 0 Å². The fraction of sp³-hybridized carbons (Fsp3) is 0.542. The van der Waals surface area contributed by atoms with Gasteiger partial charge in [-0.1, -0.05) is 30.3 Å². The predicted octanol–water partition coefficient (Wildman–Crippen LogP) is 2.94. The van der Waals surface area contributed by atoms with Crippen molar-refractivity contribution in [1.29, 1.82) is 0 Å². The van der Waals surface area contributed by atoms with Gasteiger partial charge in [-0.3, -0.25) is 4.79 Å². The van der Waals surface area contributed by atoms with Gasteiger partial charge in [-0.25, -0.2) is 9.97 Å². The van der Waals surface area contributed by atoms with Crippen LogP contribution >= 0.6 is 0 Å². The zero-order chi connectivity index (χ0) is 20.4. The summed E-state index contributed by atoms with van der Waals surface area (Å²) in [4.78, 5) is 24.6.